The van der Waals surface area contributed by atoms with E-state index in [1.165, 1.54) is 25.7 Å². The van der Waals surface area contributed by atoms with Crippen LogP contribution in [-0.2, 0) is 9.59 Å². The van der Waals surface area contributed by atoms with Gasteiger partial charge in [-0.25, -0.2) is 0 Å². The third kappa shape index (κ3) is 2.82. The number of hydrogen-bond donors (Lipinski definition) is 1. The molecule has 0 radical (unpaired) electrons. The molecular weight excluding hydrogens is 266 g/mol. The van der Waals surface area contributed by atoms with Crippen molar-refractivity contribution < 1.29 is 14.7 Å². The maximum Gasteiger partial charge on any atom is 0.307 e. The topological polar surface area (TPSA) is 57.6 Å². The van der Waals surface area contributed by atoms with Crippen LogP contribution in [0.5, 0.6) is 0 Å². The molecule has 1 aliphatic heterocycles. The Morgan fingerprint density at radius 3 is 2.14 bits per heavy atom. The van der Waals surface area contributed by atoms with Crippen molar-refractivity contribution in [2.75, 3.05) is 13.1 Å². The summed E-state index contributed by atoms with van der Waals surface area (Å²) >= 11 is 0. The summed E-state index contributed by atoms with van der Waals surface area (Å²) in [5.41, 5.74) is 0.506. The van der Waals surface area contributed by atoms with Gasteiger partial charge in [0.1, 0.15) is 0 Å². The lowest BCUT2D eigenvalue weighted by molar-refractivity contribution is -0.150. The van der Waals surface area contributed by atoms with Crippen molar-refractivity contribution in [2.45, 2.75) is 58.3 Å². The molecule has 2 saturated carbocycles. The molecule has 0 aromatic heterocycles. The molecule has 3 atom stereocenters. The number of amides is 1. The van der Waals surface area contributed by atoms with Gasteiger partial charge in [-0.3, -0.25) is 9.59 Å². The van der Waals surface area contributed by atoms with Gasteiger partial charge in [-0.1, -0.05) is 19.8 Å². The molecule has 2 aliphatic carbocycles. The average molecular weight is 293 g/mol. The fourth-order valence-corrected chi connectivity index (χ4v) is 4.90. The molecule has 4 nitrogen and oxygen atoms in total. The molecule has 0 aromatic carbocycles. The van der Waals surface area contributed by atoms with Crippen molar-refractivity contribution in [1.82, 2.24) is 4.90 Å². The van der Waals surface area contributed by atoms with E-state index < -0.39 is 11.9 Å². The molecule has 1 N–H and O–H groups in total. The van der Waals surface area contributed by atoms with Crippen molar-refractivity contribution in [2.24, 2.45) is 23.2 Å². The summed E-state index contributed by atoms with van der Waals surface area (Å²) < 4.78 is 0. The van der Waals surface area contributed by atoms with Gasteiger partial charge in [0.25, 0.3) is 0 Å². The molecule has 3 fully saturated rings. The predicted molar refractivity (Wildman–Crippen MR) is 79.7 cm³/mol. The number of nitrogens with zero attached hydrogens (tertiary/aromatic N) is 1. The predicted octanol–water partition coefficient (Wildman–Crippen LogP) is 2.92. The number of carboxylic acids is 1. The van der Waals surface area contributed by atoms with Crippen LogP contribution in [0, 0.1) is 23.2 Å². The van der Waals surface area contributed by atoms with E-state index in [0.29, 0.717) is 17.8 Å². The monoisotopic (exact) mass is 293 g/mol. The van der Waals surface area contributed by atoms with Crippen molar-refractivity contribution in [3.8, 4) is 0 Å². The Balaban J connectivity index is 1.62. The molecule has 0 bridgehead atoms. The third-order valence-corrected chi connectivity index (χ3v) is 6.23. The molecule has 1 unspecified atom stereocenters. The van der Waals surface area contributed by atoms with E-state index in [2.05, 4.69) is 6.92 Å². The van der Waals surface area contributed by atoms with Gasteiger partial charge in [-0.05, 0) is 49.9 Å². The van der Waals surface area contributed by atoms with Crippen LogP contribution in [0.3, 0.4) is 0 Å². The zero-order chi connectivity index (χ0) is 15.0. The Labute approximate surface area is 126 Å². The number of likely N-dealkylation sites (tertiary alicyclic amines) is 1. The summed E-state index contributed by atoms with van der Waals surface area (Å²) in [6, 6.07) is 0. The highest BCUT2D eigenvalue weighted by molar-refractivity contribution is 5.85. The van der Waals surface area contributed by atoms with Crippen molar-refractivity contribution in [3.63, 3.8) is 0 Å². The number of aliphatic carboxylic acids is 1. The molecule has 1 spiro atoms. The Hall–Kier alpha value is -1.06. The van der Waals surface area contributed by atoms with Crippen molar-refractivity contribution >= 4 is 11.9 Å². The minimum atomic E-state index is -0.790. The fraction of sp³-hybridized carbons (Fsp3) is 0.882. The Bertz CT molecular complexity index is 418. The minimum absolute atomic E-state index is 0.111. The first-order valence-electron chi connectivity index (χ1n) is 8.52. The number of rotatable bonds is 2. The van der Waals surface area contributed by atoms with E-state index in [9.17, 15) is 14.7 Å². The minimum Gasteiger partial charge on any atom is -0.481 e. The summed E-state index contributed by atoms with van der Waals surface area (Å²) in [4.78, 5) is 26.1. The van der Waals surface area contributed by atoms with Gasteiger partial charge >= 0.3 is 5.97 Å². The van der Waals surface area contributed by atoms with Crippen LogP contribution in [0.25, 0.3) is 0 Å². The lowest BCUT2D eigenvalue weighted by Gasteiger charge is -2.40. The van der Waals surface area contributed by atoms with E-state index in [1.54, 1.807) is 0 Å². The summed E-state index contributed by atoms with van der Waals surface area (Å²) in [7, 11) is 0. The number of carbonyl (C=O) groups excluding carboxylic acids is 1. The van der Waals surface area contributed by atoms with Gasteiger partial charge in [0, 0.05) is 13.1 Å². The standard InChI is InChI=1S/C17H27NO3/c1-12-10-13(14(11-12)16(20)21)15(19)18-8-6-17(7-9-18)4-2-3-5-17/h12-14H,2-11H2,1H3,(H,20,21)/t12?,13-,14+/m0/s1. The highest BCUT2D eigenvalue weighted by atomic mass is 16.4. The van der Waals surface area contributed by atoms with E-state index in [-0.39, 0.29) is 11.8 Å². The van der Waals surface area contributed by atoms with Gasteiger partial charge in [0.05, 0.1) is 11.8 Å². The quantitative estimate of drug-likeness (QED) is 0.851. The van der Waals surface area contributed by atoms with Crippen molar-refractivity contribution in [3.05, 3.63) is 0 Å². The molecular formula is C17H27NO3. The third-order valence-electron chi connectivity index (χ3n) is 6.23. The van der Waals surface area contributed by atoms with Crippen LogP contribution in [0.2, 0.25) is 0 Å². The summed E-state index contributed by atoms with van der Waals surface area (Å²) in [5.74, 6) is -1.07. The zero-order valence-corrected chi connectivity index (χ0v) is 13.0. The lowest BCUT2D eigenvalue weighted by Crippen LogP contribution is -2.46. The van der Waals surface area contributed by atoms with Crippen LogP contribution < -0.4 is 0 Å². The summed E-state index contributed by atoms with van der Waals surface area (Å²) in [6.45, 7) is 3.75. The molecule has 118 valence electrons. The first-order valence-corrected chi connectivity index (χ1v) is 8.52. The molecule has 0 aromatic rings. The second kappa shape index (κ2) is 5.62. The Morgan fingerprint density at radius 2 is 1.57 bits per heavy atom. The largest absolute Gasteiger partial charge is 0.481 e. The maximum atomic E-state index is 12.7. The number of carbonyl (C=O) groups is 2. The number of hydrogen-bond acceptors (Lipinski definition) is 2. The first kappa shape index (κ1) is 14.9. The molecule has 1 saturated heterocycles. The number of piperidine rings is 1. The Kier molecular flexibility index (Phi) is 3.98. The van der Waals surface area contributed by atoms with Gasteiger partial charge in [-0.15, -0.1) is 0 Å². The highest BCUT2D eigenvalue weighted by Gasteiger charge is 2.45. The smallest absolute Gasteiger partial charge is 0.307 e. The van der Waals surface area contributed by atoms with E-state index in [4.69, 9.17) is 0 Å². The normalized spacial score (nSPS) is 35.3. The van der Waals surface area contributed by atoms with Gasteiger partial charge in [-0.2, -0.15) is 0 Å². The SMILES string of the molecule is CC1C[C@H](C(=O)N2CCC3(CCCC3)CC2)[C@H](C(=O)O)C1. The van der Waals surface area contributed by atoms with Crippen LogP contribution in [0.4, 0.5) is 0 Å². The number of carboxylic acid groups (broad SMARTS) is 1. The van der Waals surface area contributed by atoms with E-state index >= 15 is 0 Å². The van der Waals surface area contributed by atoms with Crippen LogP contribution in [0.15, 0.2) is 0 Å². The molecule has 1 heterocycles. The molecule has 4 heteroatoms. The van der Waals surface area contributed by atoms with Crippen LogP contribution in [-0.4, -0.2) is 35.0 Å². The fourth-order valence-electron chi connectivity index (χ4n) is 4.90. The lowest BCUT2D eigenvalue weighted by atomic mass is 9.77. The van der Waals surface area contributed by atoms with Crippen LogP contribution >= 0.6 is 0 Å². The van der Waals surface area contributed by atoms with Crippen molar-refractivity contribution in [1.29, 1.82) is 0 Å². The molecule has 21 heavy (non-hydrogen) atoms. The van der Waals surface area contributed by atoms with E-state index in [0.717, 1.165) is 32.4 Å². The Morgan fingerprint density at radius 1 is 1.00 bits per heavy atom. The highest BCUT2D eigenvalue weighted by Crippen LogP contribution is 2.47. The maximum absolute atomic E-state index is 12.7. The zero-order valence-electron chi connectivity index (χ0n) is 13.0. The van der Waals surface area contributed by atoms with Gasteiger partial charge in [0.2, 0.25) is 5.91 Å². The van der Waals surface area contributed by atoms with Crippen LogP contribution in [0.1, 0.15) is 58.3 Å². The second-order valence-corrected chi connectivity index (χ2v) is 7.66. The average Bonchev–Trinajstić information content (AvgIpc) is 3.06. The van der Waals surface area contributed by atoms with Gasteiger partial charge in [0.15, 0.2) is 0 Å². The summed E-state index contributed by atoms with van der Waals surface area (Å²) in [6.07, 6.45) is 8.99. The summed E-state index contributed by atoms with van der Waals surface area (Å²) in [5, 5.41) is 9.35. The van der Waals surface area contributed by atoms with Gasteiger partial charge < -0.3 is 10.0 Å². The second-order valence-electron chi connectivity index (χ2n) is 7.66. The molecule has 3 rings (SSSR count). The molecule has 3 aliphatic rings. The molecule has 1 amide bonds. The van der Waals surface area contributed by atoms with E-state index in [1.807, 2.05) is 4.90 Å². The first-order chi connectivity index (χ1) is 10.0.